The molecule has 0 amide bonds. The van der Waals surface area contributed by atoms with Crippen LogP contribution in [0.25, 0.3) is 0 Å². The van der Waals surface area contributed by atoms with Gasteiger partial charge in [0.25, 0.3) is 0 Å². The molecule has 0 bridgehead atoms. The van der Waals surface area contributed by atoms with Gasteiger partial charge in [-0.3, -0.25) is 0 Å². The van der Waals surface area contributed by atoms with Gasteiger partial charge < -0.3 is 53.6 Å². The molecule has 0 fully saturated rings. The van der Waals surface area contributed by atoms with Crippen molar-refractivity contribution in [3.63, 3.8) is 0 Å². The molecule has 0 aromatic rings. The van der Waals surface area contributed by atoms with Crippen molar-refractivity contribution in [2.24, 2.45) is 17.2 Å². The molecule has 0 aliphatic rings. The first-order valence-electron chi connectivity index (χ1n) is 8.71. The van der Waals surface area contributed by atoms with Crippen molar-refractivity contribution in [1.82, 2.24) is 16.0 Å². The SMILES string of the molecule is CC(C)O.NCCNCCO.NCCNCCO.NCCNCCO.[Ti]. The summed E-state index contributed by atoms with van der Waals surface area (Å²) in [5.41, 5.74) is 15.4. The predicted molar refractivity (Wildman–Crippen MR) is 104 cm³/mol. The molecule has 0 saturated carbocycles. The van der Waals surface area contributed by atoms with E-state index in [2.05, 4.69) is 16.0 Å². The third-order valence-electron chi connectivity index (χ3n) is 1.83. The number of aliphatic hydroxyl groups is 4. The van der Waals surface area contributed by atoms with Gasteiger partial charge in [-0.25, -0.2) is 0 Å². The summed E-state index contributed by atoms with van der Waals surface area (Å²) in [5, 5.41) is 41.4. The fraction of sp³-hybridized carbons (Fsp3) is 1.00. The van der Waals surface area contributed by atoms with Crippen LogP contribution in [0.3, 0.4) is 0 Å². The zero-order valence-electron chi connectivity index (χ0n) is 16.6. The molecule has 0 aromatic carbocycles. The minimum absolute atomic E-state index is 0. The van der Waals surface area contributed by atoms with E-state index in [9.17, 15) is 0 Å². The Balaban J connectivity index is -0.0000000759. The van der Waals surface area contributed by atoms with Gasteiger partial charge in [0.1, 0.15) is 0 Å². The summed E-state index contributed by atoms with van der Waals surface area (Å²) < 4.78 is 0. The van der Waals surface area contributed by atoms with Crippen molar-refractivity contribution >= 4 is 0 Å². The second-order valence-corrected chi connectivity index (χ2v) is 4.88. The van der Waals surface area contributed by atoms with Crippen LogP contribution in [-0.4, -0.2) is 105 Å². The van der Waals surface area contributed by atoms with Crippen molar-refractivity contribution in [3.05, 3.63) is 0 Å². The number of nitrogens with two attached hydrogens (primary N) is 3. The molecular formula is C15H44N6O4Ti. The Hall–Kier alpha value is 0.314. The third kappa shape index (κ3) is 87.2. The van der Waals surface area contributed by atoms with Gasteiger partial charge >= 0.3 is 0 Å². The fourth-order valence-corrected chi connectivity index (χ4v) is 0.918. The number of hydrogen-bond donors (Lipinski definition) is 10. The molecule has 26 heavy (non-hydrogen) atoms. The van der Waals surface area contributed by atoms with Crippen LogP contribution in [0.5, 0.6) is 0 Å². The summed E-state index contributed by atoms with van der Waals surface area (Å²) in [5.74, 6) is 0. The van der Waals surface area contributed by atoms with Gasteiger partial charge in [-0.1, -0.05) is 0 Å². The standard InChI is InChI=1S/3C4H12N2O.C3H8O.Ti/c3*5-1-2-6-3-4-7;1-3(2)4;/h3*6-7H,1-5H2;3-4H,1-2H3;. The maximum atomic E-state index is 8.19. The first-order valence-corrected chi connectivity index (χ1v) is 8.71. The van der Waals surface area contributed by atoms with Crippen molar-refractivity contribution in [3.8, 4) is 0 Å². The van der Waals surface area contributed by atoms with Gasteiger partial charge in [0.2, 0.25) is 0 Å². The summed E-state index contributed by atoms with van der Waals surface area (Å²) in [7, 11) is 0. The molecule has 0 rings (SSSR count). The van der Waals surface area contributed by atoms with E-state index in [1.807, 2.05) is 0 Å². The summed E-state index contributed by atoms with van der Waals surface area (Å²) in [6.45, 7) is 10.3. The number of aliphatic hydroxyl groups excluding tert-OH is 4. The van der Waals surface area contributed by atoms with Crippen LogP contribution in [0.15, 0.2) is 0 Å². The van der Waals surface area contributed by atoms with Crippen LogP contribution in [-0.2, 0) is 21.7 Å². The Morgan fingerprint density at radius 3 is 0.923 bits per heavy atom. The Morgan fingerprint density at radius 1 is 0.615 bits per heavy atom. The zero-order valence-corrected chi connectivity index (χ0v) is 18.1. The average Bonchev–Trinajstić information content (AvgIpc) is 2.57. The van der Waals surface area contributed by atoms with E-state index in [4.69, 9.17) is 37.6 Å². The van der Waals surface area contributed by atoms with Crippen LogP contribution in [0.4, 0.5) is 0 Å². The minimum atomic E-state index is -0.167. The Bertz CT molecular complexity index is 150. The normalized spacial score (nSPS) is 9.00. The molecule has 0 atom stereocenters. The van der Waals surface area contributed by atoms with Crippen molar-refractivity contribution < 1.29 is 42.1 Å². The summed E-state index contributed by atoms with van der Waals surface area (Å²) in [6, 6.07) is 0. The quantitative estimate of drug-likeness (QED) is 0.110. The van der Waals surface area contributed by atoms with E-state index in [1.54, 1.807) is 13.8 Å². The fourth-order valence-electron chi connectivity index (χ4n) is 0.918. The predicted octanol–water partition coefficient (Wildman–Crippen LogP) is -4.03. The topological polar surface area (TPSA) is 195 Å². The molecule has 0 saturated heterocycles. The van der Waals surface area contributed by atoms with E-state index in [-0.39, 0.29) is 47.6 Å². The van der Waals surface area contributed by atoms with E-state index in [1.165, 1.54) is 0 Å². The van der Waals surface area contributed by atoms with Crippen molar-refractivity contribution in [2.75, 3.05) is 78.7 Å². The van der Waals surface area contributed by atoms with Crippen LogP contribution in [0.1, 0.15) is 13.8 Å². The monoisotopic (exact) mass is 420 g/mol. The van der Waals surface area contributed by atoms with Crippen molar-refractivity contribution in [1.29, 1.82) is 0 Å². The summed E-state index contributed by atoms with van der Waals surface area (Å²) in [4.78, 5) is 0. The average molecular weight is 420 g/mol. The van der Waals surface area contributed by atoms with E-state index in [0.29, 0.717) is 39.3 Å². The van der Waals surface area contributed by atoms with Crippen LogP contribution in [0, 0.1) is 0 Å². The van der Waals surface area contributed by atoms with Gasteiger partial charge in [0.05, 0.1) is 19.8 Å². The molecule has 0 aromatic heterocycles. The molecule has 0 aliphatic heterocycles. The molecule has 11 heteroatoms. The second kappa shape index (κ2) is 44.6. The van der Waals surface area contributed by atoms with Gasteiger partial charge in [-0.2, -0.15) is 0 Å². The molecular weight excluding hydrogens is 376 g/mol. The molecule has 13 N–H and O–H groups in total. The van der Waals surface area contributed by atoms with Gasteiger partial charge in [-0.15, -0.1) is 0 Å². The van der Waals surface area contributed by atoms with E-state index in [0.717, 1.165) is 19.6 Å². The maximum absolute atomic E-state index is 8.19. The van der Waals surface area contributed by atoms with Crippen LogP contribution >= 0.6 is 0 Å². The first kappa shape index (κ1) is 37.1. The molecule has 10 nitrogen and oxygen atoms in total. The number of hydrogen-bond acceptors (Lipinski definition) is 10. The summed E-state index contributed by atoms with van der Waals surface area (Å²) >= 11 is 0. The molecule has 0 unspecified atom stereocenters. The Morgan fingerprint density at radius 2 is 0.808 bits per heavy atom. The number of nitrogens with one attached hydrogen (secondary N) is 3. The van der Waals surface area contributed by atoms with Crippen molar-refractivity contribution in [2.45, 2.75) is 20.0 Å². The minimum Gasteiger partial charge on any atom is -0.395 e. The Kier molecular flexibility index (Phi) is 63.7. The second-order valence-electron chi connectivity index (χ2n) is 4.88. The zero-order chi connectivity index (χ0) is 20.2. The van der Waals surface area contributed by atoms with Gasteiger partial charge in [0.15, 0.2) is 0 Å². The summed E-state index contributed by atoms with van der Waals surface area (Å²) in [6.07, 6.45) is -0.167. The van der Waals surface area contributed by atoms with Crippen LogP contribution in [0.2, 0.25) is 0 Å². The molecule has 0 aliphatic carbocycles. The Labute approximate surface area is 174 Å². The maximum Gasteiger partial charge on any atom is 0.0555 e. The largest absolute Gasteiger partial charge is 0.395 e. The van der Waals surface area contributed by atoms with E-state index < -0.39 is 0 Å². The van der Waals surface area contributed by atoms with Gasteiger partial charge in [0, 0.05) is 86.7 Å². The number of rotatable bonds is 12. The molecule has 0 heterocycles. The molecule has 162 valence electrons. The van der Waals surface area contributed by atoms with Crippen LogP contribution < -0.4 is 33.2 Å². The van der Waals surface area contributed by atoms with Gasteiger partial charge in [-0.05, 0) is 13.8 Å². The molecule has 0 radical (unpaired) electrons. The molecule has 0 spiro atoms. The smallest absolute Gasteiger partial charge is 0.0555 e. The first-order chi connectivity index (χ1) is 12.0. The van der Waals surface area contributed by atoms with E-state index >= 15 is 0 Å². The third-order valence-corrected chi connectivity index (χ3v) is 1.83.